The largest absolute Gasteiger partial charge is 0.494 e. The predicted octanol–water partition coefficient (Wildman–Crippen LogP) is 6.69. The Morgan fingerprint density at radius 3 is 2.40 bits per heavy atom. The number of amides is 1. The van der Waals surface area contributed by atoms with Gasteiger partial charge in [-0.05, 0) is 35.9 Å². The van der Waals surface area contributed by atoms with Gasteiger partial charge in [-0.2, -0.15) is 5.26 Å². The quantitative estimate of drug-likeness (QED) is 0.150. The van der Waals surface area contributed by atoms with Crippen LogP contribution in [0.3, 0.4) is 0 Å². The lowest BCUT2D eigenvalue weighted by molar-refractivity contribution is -0.384. The van der Waals surface area contributed by atoms with Crippen molar-refractivity contribution >= 4 is 58.2 Å². The summed E-state index contributed by atoms with van der Waals surface area (Å²) >= 11 is 18.8. The lowest BCUT2D eigenvalue weighted by Crippen LogP contribution is -2.14. The Morgan fingerprint density at radius 1 is 1.11 bits per heavy atom. The van der Waals surface area contributed by atoms with E-state index in [1.807, 2.05) is 12.1 Å². The summed E-state index contributed by atoms with van der Waals surface area (Å²) in [6.45, 7) is 0.136. The van der Waals surface area contributed by atoms with Crippen molar-refractivity contribution in [2.75, 3.05) is 12.4 Å². The number of nitriles is 1. The van der Waals surface area contributed by atoms with E-state index in [1.54, 1.807) is 18.2 Å². The predicted molar refractivity (Wildman–Crippen MR) is 134 cm³/mol. The molecule has 0 heterocycles. The molecule has 11 heteroatoms. The van der Waals surface area contributed by atoms with E-state index in [4.69, 9.17) is 44.3 Å². The minimum Gasteiger partial charge on any atom is -0.494 e. The van der Waals surface area contributed by atoms with Gasteiger partial charge in [0.1, 0.15) is 24.0 Å². The van der Waals surface area contributed by atoms with Crippen LogP contribution in [0.15, 0.2) is 60.2 Å². The van der Waals surface area contributed by atoms with Gasteiger partial charge in [-0.1, -0.05) is 53.0 Å². The fourth-order valence-electron chi connectivity index (χ4n) is 2.97. The Hall–Kier alpha value is -3.77. The molecule has 0 fully saturated rings. The molecule has 0 spiro atoms. The lowest BCUT2D eigenvalue weighted by Gasteiger charge is -2.12. The molecule has 0 aliphatic carbocycles. The van der Waals surface area contributed by atoms with Crippen molar-refractivity contribution in [2.45, 2.75) is 6.61 Å². The van der Waals surface area contributed by atoms with Gasteiger partial charge < -0.3 is 14.8 Å². The van der Waals surface area contributed by atoms with E-state index in [2.05, 4.69) is 5.32 Å². The molecule has 0 radical (unpaired) electrons. The number of nitrogens with zero attached hydrogens (tertiary/aromatic N) is 2. The average Bonchev–Trinajstić information content (AvgIpc) is 2.83. The number of hydrogen-bond acceptors (Lipinski definition) is 6. The van der Waals surface area contributed by atoms with E-state index >= 15 is 0 Å². The SMILES string of the molecule is COc1cc([N+](=O)[O-])ccc1NC(=O)/C(C#N)=C/c1cc(Cl)c(OCc2ccccc2Cl)c(Cl)c1. The minimum absolute atomic E-state index is 0.0657. The highest BCUT2D eigenvalue weighted by Gasteiger charge is 2.17. The van der Waals surface area contributed by atoms with Crippen LogP contribution in [-0.2, 0) is 11.4 Å². The standard InChI is InChI=1S/C24H16Cl3N3O5/c1-34-22-11-17(30(32)33)6-7-21(22)29-24(31)16(12-28)8-14-9-19(26)23(20(27)10-14)35-13-15-4-2-3-5-18(15)25/h2-11H,13H2,1H3,(H,29,31)/b16-8+. The molecular weight excluding hydrogens is 517 g/mol. The van der Waals surface area contributed by atoms with Crippen molar-refractivity contribution in [1.29, 1.82) is 5.26 Å². The van der Waals surface area contributed by atoms with Crippen LogP contribution in [0.5, 0.6) is 11.5 Å². The number of halogens is 3. The Kier molecular flexibility index (Phi) is 8.55. The number of carbonyl (C=O) groups excluding carboxylic acids is 1. The van der Waals surface area contributed by atoms with E-state index in [0.29, 0.717) is 10.6 Å². The summed E-state index contributed by atoms with van der Waals surface area (Å²) in [6, 6.07) is 15.6. The highest BCUT2D eigenvalue weighted by atomic mass is 35.5. The van der Waals surface area contributed by atoms with E-state index in [1.165, 1.54) is 37.5 Å². The third-order valence-electron chi connectivity index (χ3n) is 4.67. The third kappa shape index (κ3) is 6.43. The Labute approximate surface area is 215 Å². The van der Waals surface area contributed by atoms with Crippen LogP contribution in [-0.4, -0.2) is 17.9 Å². The number of rotatable bonds is 8. The highest BCUT2D eigenvalue weighted by Crippen LogP contribution is 2.36. The molecule has 0 aliphatic heterocycles. The molecule has 0 saturated heterocycles. The molecule has 0 bridgehead atoms. The molecule has 3 rings (SSSR count). The molecule has 3 aromatic carbocycles. The minimum atomic E-state index is -0.758. The van der Waals surface area contributed by atoms with E-state index in [9.17, 15) is 20.2 Å². The van der Waals surface area contributed by atoms with Crippen LogP contribution in [0.4, 0.5) is 11.4 Å². The molecule has 3 aromatic rings. The summed E-state index contributed by atoms with van der Waals surface area (Å²) < 4.78 is 10.8. The van der Waals surface area contributed by atoms with Crippen LogP contribution in [0.2, 0.25) is 15.1 Å². The molecule has 0 saturated carbocycles. The first-order chi connectivity index (χ1) is 16.7. The van der Waals surface area contributed by atoms with Crippen molar-refractivity contribution in [2.24, 2.45) is 0 Å². The topological polar surface area (TPSA) is 114 Å². The zero-order valence-electron chi connectivity index (χ0n) is 18.1. The summed E-state index contributed by atoms with van der Waals surface area (Å²) in [4.78, 5) is 23.0. The van der Waals surface area contributed by atoms with Crippen LogP contribution >= 0.6 is 34.8 Å². The van der Waals surface area contributed by atoms with Gasteiger partial charge >= 0.3 is 0 Å². The van der Waals surface area contributed by atoms with Gasteiger partial charge in [0.2, 0.25) is 0 Å². The van der Waals surface area contributed by atoms with Gasteiger partial charge in [0, 0.05) is 16.7 Å². The monoisotopic (exact) mass is 531 g/mol. The normalized spacial score (nSPS) is 10.9. The second-order valence-electron chi connectivity index (χ2n) is 6.96. The van der Waals surface area contributed by atoms with Crippen LogP contribution < -0.4 is 14.8 Å². The first kappa shape index (κ1) is 25.8. The summed E-state index contributed by atoms with van der Waals surface area (Å²) in [5.41, 5.74) is 0.811. The maximum Gasteiger partial charge on any atom is 0.273 e. The van der Waals surface area contributed by atoms with Gasteiger partial charge in [0.25, 0.3) is 11.6 Å². The summed E-state index contributed by atoms with van der Waals surface area (Å²) in [5, 5.41) is 23.8. The number of non-ortho nitro benzene ring substituents is 1. The van der Waals surface area contributed by atoms with Crippen LogP contribution in [0.1, 0.15) is 11.1 Å². The number of methoxy groups -OCH3 is 1. The number of benzene rings is 3. The molecular formula is C24H16Cl3N3O5. The van der Waals surface area contributed by atoms with E-state index in [0.717, 1.165) is 11.6 Å². The van der Waals surface area contributed by atoms with Crippen molar-refractivity contribution in [3.8, 4) is 17.6 Å². The third-order valence-corrected chi connectivity index (χ3v) is 5.60. The first-order valence-corrected chi connectivity index (χ1v) is 11.0. The van der Waals surface area contributed by atoms with Crippen LogP contribution in [0, 0.1) is 21.4 Å². The van der Waals surface area contributed by atoms with E-state index in [-0.39, 0.29) is 45.1 Å². The number of nitro benzene ring substituents is 1. The smallest absolute Gasteiger partial charge is 0.273 e. The maximum absolute atomic E-state index is 12.7. The molecule has 178 valence electrons. The number of ether oxygens (including phenoxy) is 2. The van der Waals surface area contributed by atoms with Crippen molar-refractivity contribution in [3.63, 3.8) is 0 Å². The van der Waals surface area contributed by atoms with Gasteiger partial charge in [0.05, 0.1) is 33.8 Å². The van der Waals surface area contributed by atoms with Gasteiger partial charge in [-0.15, -0.1) is 0 Å². The Morgan fingerprint density at radius 2 is 1.80 bits per heavy atom. The zero-order chi connectivity index (χ0) is 25.5. The number of nitrogens with one attached hydrogen (secondary N) is 1. The summed E-state index contributed by atoms with van der Waals surface area (Å²) in [7, 11) is 1.30. The molecule has 0 unspecified atom stereocenters. The van der Waals surface area contributed by atoms with Crippen LogP contribution in [0.25, 0.3) is 6.08 Å². The lowest BCUT2D eigenvalue weighted by atomic mass is 10.1. The Bertz CT molecular complexity index is 1350. The fourth-order valence-corrected chi connectivity index (χ4v) is 3.77. The van der Waals surface area contributed by atoms with Crippen molar-refractivity contribution in [3.05, 3.63) is 96.5 Å². The molecule has 8 nitrogen and oxygen atoms in total. The summed E-state index contributed by atoms with van der Waals surface area (Å²) in [6.07, 6.45) is 1.29. The second kappa shape index (κ2) is 11.6. The molecule has 1 N–H and O–H groups in total. The summed E-state index contributed by atoms with van der Waals surface area (Å²) in [5.74, 6) is -0.467. The molecule has 1 amide bonds. The molecule has 35 heavy (non-hydrogen) atoms. The van der Waals surface area contributed by atoms with Gasteiger partial charge in [-0.25, -0.2) is 0 Å². The number of carbonyl (C=O) groups is 1. The van der Waals surface area contributed by atoms with Crippen molar-refractivity contribution < 1.29 is 19.2 Å². The molecule has 0 atom stereocenters. The highest BCUT2D eigenvalue weighted by molar-refractivity contribution is 6.37. The van der Waals surface area contributed by atoms with Crippen molar-refractivity contribution in [1.82, 2.24) is 0 Å². The average molecular weight is 533 g/mol. The second-order valence-corrected chi connectivity index (χ2v) is 8.18. The molecule has 0 aromatic heterocycles. The number of hydrogen-bond donors (Lipinski definition) is 1. The number of anilines is 1. The maximum atomic E-state index is 12.7. The fraction of sp³-hybridized carbons (Fsp3) is 0.0833. The number of nitro groups is 1. The zero-order valence-corrected chi connectivity index (χ0v) is 20.3. The molecule has 0 aliphatic rings. The van der Waals surface area contributed by atoms with Gasteiger partial charge in [-0.3, -0.25) is 14.9 Å². The Balaban J connectivity index is 1.81. The first-order valence-electron chi connectivity index (χ1n) is 9.84. The van der Waals surface area contributed by atoms with Gasteiger partial charge in [0.15, 0.2) is 5.75 Å². The van der Waals surface area contributed by atoms with E-state index < -0.39 is 10.8 Å².